The molecule has 0 aliphatic carbocycles. The van der Waals surface area contributed by atoms with Crippen molar-refractivity contribution in [1.29, 1.82) is 0 Å². The largest absolute Gasteiger partial charge is 0.411 e. The molecule has 1 heterocycles. The highest BCUT2D eigenvalue weighted by Crippen LogP contribution is 2.23. The van der Waals surface area contributed by atoms with Gasteiger partial charge in [-0.15, -0.1) is 0 Å². The summed E-state index contributed by atoms with van der Waals surface area (Å²) in [7, 11) is 1.70. The number of halogens is 3. The molecule has 1 fully saturated rings. The lowest BCUT2D eigenvalue weighted by Gasteiger charge is -2.24. The van der Waals surface area contributed by atoms with Gasteiger partial charge in [0, 0.05) is 26.7 Å². The summed E-state index contributed by atoms with van der Waals surface area (Å²) in [5, 5.41) is 6.48. The number of alkyl halides is 3. The average molecular weight is 373 g/mol. The summed E-state index contributed by atoms with van der Waals surface area (Å²) in [6.07, 6.45) is -2.20. The zero-order valence-corrected chi connectivity index (χ0v) is 15.2. The summed E-state index contributed by atoms with van der Waals surface area (Å²) in [4.78, 5) is 4.19. The van der Waals surface area contributed by atoms with Crippen LogP contribution in [0.4, 0.5) is 13.2 Å². The van der Waals surface area contributed by atoms with E-state index < -0.39 is 12.8 Å². The third-order valence-corrected chi connectivity index (χ3v) is 4.17. The van der Waals surface area contributed by atoms with Gasteiger partial charge in [0.25, 0.3) is 0 Å². The molecule has 0 saturated carbocycles. The van der Waals surface area contributed by atoms with Crippen LogP contribution in [0.3, 0.4) is 0 Å². The van der Waals surface area contributed by atoms with Crippen molar-refractivity contribution in [3.05, 3.63) is 35.4 Å². The quantitative estimate of drug-likeness (QED) is 0.570. The SMILES string of the molecule is CN=C(NCc1ccc(COCC(F)(F)F)cc1)NCC1(C)CCCO1. The topological polar surface area (TPSA) is 54.9 Å². The number of hydrogen-bond donors (Lipinski definition) is 2. The number of nitrogens with zero attached hydrogens (tertiary/aromatic N) is 1. The molecule has 0 amide bonds. The van der Waals surface area contributed by atoms with Crippen LogP contribution < -0.4 is 10.6 Å². The molecule has 2 rings (SSSR count). The van der Waals surface area contributed by atoms with E-state index in [0.717, 1.165) is 25.0 Å². The Labute approximate surface area is 152 Å². The van der Waals surface area contributed by atoms with Gasteiger partial charge in [-0.1, -0.05) is 24.3 Å². The van der Waals surface area contributed by atoms with Crippen LogP contribution >= 0.6 is 0 Å². The second-order valence-corrected chi connectivity index (χ2v) is 6.61. The number of benzene rings is 1. The van der Waals surface area contributed by atoms with Gasteiger partial charge in [-0.05, 0) is 30.9 Å². The zero-order chi connectivity index (χ0) is 19.0. The van der Waals surface area contributed by atoms with Gasteiger partial charge < -0.3 is 20.1 Å². The smallest absolute Gasteiger partial charge is 0.373 e. The molecule has 5 nitrogen and oxygen atoms in total. The molecule has 1 aromatic rings. The second kappa shape index (κ2) is 9.23. The number of hydrogen-bond acceptors (Lipinski definition) is 3. The molecule has 1 aliphatic rings. The van der Waals surface area contributed by atoms with Crippen LogP contribution in [0.15, 0.2) is 29.3 Å². The molecule has 0 aromatic heterocycles. The Balaban J connectivity index is 1.73. The van der Waals surface area contributed by atoms with E-state index in [1.165, 1.54) is 0 Å². The molecule has 2 N–H and O–H groups in total. The van der Waals surface area contributed by atoms with Crippen molar-refractivity contribution in [2.75, 3.05) is 26.8 Å². The van der Waals surface area contributed by atoms with Crippen molar-refractivity contribution in [2.24, 2.45) is 4.99 Å². The average Bonchev–Trinajstić information content (AvgIpc) is 3.02. The van der Waals surface area contributed by atoms with Gasteiger partial charge in [0.05, 0.1) is 12.2 Å². The fraction of sp³-hybridized carbons (Fsp3) is 0.611. The van der Waals surface area contributed by atoms with Gasteiger partial charge in [-0.3, -0.25) is 4.99 Å². The van der Waals surface area contributed by atoms with Gasteiger partial charge >= 0.3 is 6.18 Å². The van der Waals surface area contributed by atoms with Gasteiger partial charge in [-0.2, -0.15) is 13.2 Å². The van der Waals surface area contributed by atoms with Crippen LogP contribution in [-0.4, -0.2) is 44.5 Å². The molecule has 1 aliphatic heterocycles. The van der Waals surface area contributed by atoms with E-state index in [9.17, 15) is 13.2 Å². The number of guanidine groups is 1. The minimum atomic E-state index is -4.30. The normalized spacial score (nSPS) is 21.0. The Bertz CT molecular complexity index is 582. The molecular formula is C18H26F3N3O2. The molecule has 1 atom stereocenters. The van der Waals surface area contributed by atoms with Crippen molar-refractivity contribution >= 4 is 5.96 Å². The molecule has 0 radical (unpaired) electrons. The van der Waals surface area contributed by atoms with E-state index in [1.54, 1.807) is 19.2 Å². The maximum Gasteiger partial charge on any atom is 0.411 e. The van der Waals surface area contributed by atoms with E-state index in [4.69, 9.17) is 4.74 Å². The lowest BCUT2D eigenvalue weighted by atomic mass is 10.0. The first kappa shape index (κ1) is 20.5. The highest BCUT2D eigenvalue weighted by molar-refractivity contribution is 5.79. The first-order valence-corrected chi connectivity index (χ1v) is 8.60. The molecular weight excluding hydrogens is 347 g/mol. The number of nitrogens with one attached hydrogen (secondary N) is 2. The Morgan fingerprint density at radius 1 is 1.23 bits per heavy atom. The van der Waals surface area contributed by atoms with Crippen LogP contribution in [0.5, 0.6) is 0 Å². The molecule has 0 bridgehead atoms. The first-order valence-electron chi connectivity index (χ1n) is 8.60. The minimum absolute atomic E-state index is 0.0605. The Morgan fingerprint density at radius 2 is 1.92 bits per heavy atom. The Kier molecular flexibility index (Phi) is 7.28. The van der Waals surface area contributed by atoms with Crippen molar-refractivity contribution in [1.82, 2.24) is 10.6 Å². The first-order chi connectivity index (χ1) is 12.3. The summed E-state index contributed by atoms with van der Waals surface area (Å²) in [5.41, 5.74) is 1.54. The van der Waals surface area contributed by atoms with Crippen LogP contribution in [0.25, 0.3) is 0 Å². The Hall–Kier alpha value is -1.80. The maximum absolute atomic E-state index is 12.1. The van der Waals surface area contributed by atoms with E-state index in [2.05, 4.69) is 27.3 Å². The van der Waals surface area contributed by atoms with E-state index in [-0.39, 0.29) is 12.2 Å². The Morgan fingerprint density at radius 3 is 2.50 bits per heavy atom. The van der Waals surface area contributed by atoms with Crippen molar-refractivity contribution in [3.63, 3.8) is 0 Å². The molecule has 1 unspecified atom stereocenters. The lowest BCUT2D eigenvalue weighted by Crippen LogP contribution is -2.45. The van der Waals surface area contributed by atoms with E-state index in [1.807, 2.05) is 12.1 Å². The zero-order valence-electron chi connectivity index (χ0n) is 15.2. The molecule has 0 spiro atoms. The standard InChI is InChI=1S/C18H26F3N3O2/c1-17(8-3-9-26-17)12-24-16(22-2)23-10-14-4-6-15(7-5-14)11-25-13-18(19,20)21/h4-7H,3,8-13H2,1-2H3,(H2,22,23,24). The summed E-state index contributed by atoms with van der Waals surface area (Å²) in [6, 6.07) is 7.23. The van der Waals surface area contributed by atoms with Crippen LogP contribution in [-0.2, 0) is 22.6 Å². The number of rotatable bonds is 7. The van der Waals surface area contributed by atoms with Crippen LogP contribution in [0.2, 0.25) is 0 Å². The summed E-state index contributed by atoms with van der Waals surface area (Å²) >= 11 is 0. The molecule has 1 aromatic carbocycles. The molecule has 146 valence electrons. The maximum atomic E-state index is 12.1. The third kappa shape index (κ3) is 7.21. The predicted molar refractivity (Wildman–Crippen MR) is 93.9 cm³/mol. The highest BCUT2D eigenvalue weighted by atomic mass is 19.4. The van der Waals surface area contributed by atoms with Gasteiger partial charge in [0.1, 0.15) is 6.61 Å². The van der Waals surface area contributed by atoms with Crippen LogP contribution in [0.1, 0.15) is 30.9 Å². The van der Waals surface area contributed by atoms with E-state index >= 15 is 0 Å². The predicted octanol–water partition coefficient (Wildman–Crippen LogP) is 3.00. The van der Waals surface area contributed by atoms with Gasteiger partial charge in [0.2, 0.25) is 0 Å². The molecule has 26 heavy (non-hydrogen) atoms. The molecule has 8 heteroatoms. The summed E-state index contributed by atoms with van der Waals surface area (Å²) < 4.78 is 46.6. The van der Waals surface area contributed by atoms with Gasteiger partial charge in [0.15, 0.2) is 5.96 Å². The van der Waals surface area contributed by atoms with Gasteiger partial charge in [-0.25, -0.2) is 0 Å². The molecule has 1 saturated heterocycles. The van der Waals surface area contributed by atoms with Crippen molar-refractivity contribution < 1.29 is 22.6 Å². The summed E-state index contributed by atoms with van der Waals surface area (Å²) in [6.45, 7) is 2.82. The monoisotopic (exact) mass is 373 g/mol. The van der Waals surface area contributed by atoms with E-state index in [0.29, 0.717) is 24.6 Å². The summed E-state index contributed by atoms with van der Waals surface area (Å²) in [5.74, 6) is 0.680. The fourth-order valence-electron chi connectivity index (χ4n) is 2.69. The minimum Gasteiger partial charge on any atom is -0.373 e. The third-order valence-electron chi connectivity index (χ3n) is 4.17. The highest BCUT2D eigenvalue weighted by Gasteiger charge is 2.29. The number of ether oxygens (including phenoxy) is 2. The van der Waals surface area contributed by atoms with Crippen molar-refractivity contribution in [3.8, 4) is 0 Å². The fourth-order valence-corrected chi connectivity index (χ4v) is 2.69. The second-order valence-electron chi connectivity index (χ2n) is 6.61. The van der Waals surface area contributed by atoms with Crippen LogP contribution in [0, 0.1) is 0 Å². The van der Waals surface area contributed by atoms with Crippen molar-refractivity contribution in [2.45, 2.75) is 44.7 Å². The lowest BCUT2D eigenvalue weighted by molar-refractivity contribution is -0.176. The number of aliphatic imine (C=N–C) groups is 1.